The molecular weight excluding hydrogens is 299 g/mol. The Labute approximate surface area is 129 Å². The third-order valence-corrected chi connectivity index (χ3v) is 3.53. The third-order valence-electron chi connectivity index (χ3n) is 3.53. The van der Waals surface area contributed by atoms with Crippen molar-refractivity contribution in [2.24, 2.45) is 5.73 Å². The van der Waals surface area contributed by atoms with Crippen LogP contribution in [0.5, 0.6) is 0 Å². The number of rotatable bonds is 4. The van der Waals surface area contributed by atoms with Crippen LogP contribution in [-0.4, -0.2) is 36.3 Å². The minimum Gasteiger partial charge on any atom is -0.387 e. The summed E-state index contributed by atoms with van der Waals surface area (Å²) in [4.78, 5) is 12.0. The average molecular weight is 319 g/mol. The number of halogens is 2. The summed E-state index contributed by atoms with van der Waals surface area (Å²) in [6, 6.07) is 5.65. The van der Waals surface area contributed by atoms with Crippen LogP contribution in [0.1, 0.15) is 24.5 Å². The number of amides is 1. The molecule has 1 amide bonds. The van der Waals surface area contributed by atoms with E-state index in [4.69, 9.17) is 10.5 Å². The van der Waals surface area contributed by atoms with Crippen molar-refractivity contribution in [2.75, 3.05) is 19.8 Å². The normalized spacial score (nSPS) is 18.4. The van der Waals surface area contributed by atoms with Crippen LogP contribution in [0.25, 0.3) is 0 Å². The number of nitrogens with two attached hydrogens (primary N) is 1. The van der Waals surface area contributed by atoms with Gasteiger partial charge in [0.25, 0.3) is 0 Å². The molecule has 0 aromatic heterocycles. The largest absolute Gasteiger partial charge is 0.387 e. The van der Waals surface area contributed by atoms with E-state index in [0.717, 1.165) is 0 Å². The van der Waals surface area contributed by atoms with Crippen molar-refractivity contribution in [3.8, 4) is 0 Å². The second-order valence-corrected chi connectivity index (χ2v) is 5.05. The van der Waals surface area contributed by atoms with Crippen LogP contribution in [0.2, 0.25) is 0 Å². The van der Waals surface area contributed by atoms with E-state index in [0.29, 0.717) is 31.6 Å². The monoisotopic (exact) mass is 318 g/mol. The zero-order chi connectivity index (χ0) is 14.6. The summed E-state index contributed by atoms with van der Waals surface area (Å²) in [5.41, 5.74) is 5.49. The topological polar surface area (TPSA) is 84.6 Å². The molecule has 1 aromatic carbocycles. The van der Waals surface area contributed by atoms with Crippen LogP contribution in [0, 0.1) is 5.82 Å². The Morgan fingerprint density at radius 2 is 2.14 bits per heavy atom. The molecule has 1 aliphatic rings. The predicted molar refractivity (Wildman–Crippen MR) is 78.6 cm³/mol. The first-order valence-corrected chi connectivity index (χ1v) is 6.60. The van der Waals surface area contributed by atoms with Gasteiger partial charge in [0.15, 0.2) is 0 Å². The molecule has 0 bridgehead atoms. The van der Waals surface area contributed by atoms with Crippen molar-refractivity contribution in [1.82, 2.24) is 5.32 Å². The lowest BCUT2D eigenvalue weighted by atomic mass is 9.90. The molecule has 1 aromatic rings. The van der Waals surface area contributed by atoms with Gasteiger partial charge in [-0.05, 0) is 30.5 Å². The second-order valence-electron chi connectivity index (χ2n) is 5.05. The standard InChI is InChI=1S/C14H19FN2O3.ClH/c15-11-3-1-2-10(8-11)12(18)9-17-13(19)14(16)4-6-20-7-5-14;/h1-3,8,12,18H,4-7,9,16H2,(H,17,19);1H. The number of hydrogen-bond acceptors (Lipinski definition) is 4. The van der Waals surface area contributed by atoms with Gasteiger partial charge in [-0.2, -0.15) is 0 Å². The first-order chi connectivity index (χ1) is 9.51. The summed E-state index contributed by atoms with van der Waals surface area (Å²) in [6.45, 7) is 0.912. The van der Waals surface area contributed by atoms with E-state index >= 15 is 0 Å². The first-order valence-electron chi connectivity index (χ1n) is 6.60. The van der Waals surface area contributed by atoms with Gasteiger partial charge in [-0.1, -0.05) is 12.1 Å². The molecule has 1 fully saturated rings. The summed E-state index contributed by atoms with van der Waals surface area (Å²) < 4.78 is 18.2. The Balaban J connectivity index is 0.00000220. The zero-order valence-electron chi connectivity index (χ0n) is 11.5. The highest BCUT2D eigenvalue weighted by Gasteiger charge is 2.35. The molecule has 1 atom stereocenters. The lowest BCUT2D eigenvalue weighted by Gasteiger charge is -2.32. The Kier molecular flexibility index (Phi) is 6.54. The molecule has 5 nitrogen and oxygen atoms in total. The van der Waals surface area contributed by atoms with Gasteiger partial charge in [0.05, 0.1) is 11.6 Å². The molecule has 2 rings (SSSR count). The lowest BCUT2D eigenvalue weighted by molar-refractivity contribution is -0.130. The summed E-state index contributed by atoms with van der Waals surface area (Å²) in [7, 11) is 0. The molecule has 1 saturated heterocycles. The van der Waals surface area contributed by atoms with E-state index < -0.39 is 17.5 Å². The van der Waals surface area contributed by atoms with E-state index in [9.17, 15) is 14.3 Å². The number of aliphatic hydroxyl groups is 1. The molecule has 7 heteroatoms. The number of hydrogen-bond donors (Lipinski definition) is 3. The molecular formula is C14H20ClFN2O3. The molecule has 0 radical (unpaired) electrons. The first kappa shape index (κ1) is 17.8. The van der Waals surface area contributed by atoms with Crippen LogP contribution < -0.4 is 11.1 Å². The van der Waals surface area contributed by atoms with E-state index in [1.807, 2.05) is 0 Å². The molecule has 1 aliphatic heterocycles. The van der Waals surface area contributed by atoms with Gasteiger partial charge in [0, 0.05) is 19.8 Å². The highest BCUT2D eigenvalue weighted by molar-refractivity contribution is 5.86. The molecule has 0 spiro atoms. The van der Waals surface area contributed by atoms with Crippen molar-refractivity contribution in [2.45, 2.75) is 24.5 Å². The van der Waals surface area contributed by atoms with Gasteiger partial charge < -0.3 is 20.9 Å². The Morgan fingerprint density at radius 1 is 1.48 bits per heavy atom. The smallest absolute Gasteiger partial charge is 0.240 e. The van der Waals surface area contributed by atoms with E-state index in [1.165, 1.54) is 18.2 Å². The van der Waals surface area contributed by atoms with Crippen LogP contribution in [0.4, 0.5) is 4.39 Å². The molecule has 4 N–H and O–H groups in total. The Bertz CT molecular complexity index is 481. The Hall–Kier alpha value is -1.21. The number of nitrogens with one attached hydrogen (secondary N) is 1. The number of carbonyl (C=O) groups excluding carboxylic acids is 1. The minimum atomic E-state index is -0.960. The SMILES string of the molecule is Cl.NC1(C(=O)NCC(O)c2cccc(F)c2)CCOCC1. The van der Waals surface area contributed by atoms with Crippen LogP contribution in [-0.2, 0) is 9.53 Å². The van der Waals surface area contributed by atoms with Crippen LogP contribution in [0.15, 0.2) is 24.3 Å². The molecule has 1 heterocycles. The number of ether oxygens (including phenoxy) is 1. The lowest BCUT2D eigenvalue weighted by Crippen LogP contribution is -2.57. The molecule has 21 heavy (non-hydrogen) atoms. The van der Waals surface area contributed by atoms with Crippen molar-refractivity contribution in [1.29, 1.82) is 0 Å². The summed E-state index contributed by atoms with van der Waals surface area (Å²) in [5, 5.41) is 12.5. The van der Waals surface area contributed by atoms with Gasteiger partial charge >= 0.3 is 0 Å². The molecule has 118 valence electrons. The summed E-state index contributed by atoms with van der Waals surface area (Å²) in [6.07, 6.45) is -0.0536. The Morgan fingerprint density at radius 3 is 2.76 bits per heavy atom. The number of benzene rings is 1. The van der Waals surface area contributed by atoms with E-state index in [-0.39, 0.29) is 24.9 Å². The highest BCUT2D eigenvalue weighted by atomic mass is 35.5. The van der Waals surface area contributed by atoms with Crippen molar-refractivity contribution in [3.63, 3.8) is 0 Å². The predicted octanol–water partition coefficient (Wildman–Crippen LogP) is 0.905. The van der Waals surface area contributed by atoms with Gasteiger partial charge in [-0.3, -0.25) is 4.79 Å². The van der Waals surface area contributed by atoms with Crippen molar-refractivity contribution >= 4 is 18.3 Å². The molecule has 0 saturated carbocycles. The fraction of sp³-hybridized carbons (Fsp3) is 0.500. The van der Waals surface area contributed by atoms with Crippen LogP contribution >= 0.6 is 12.4 Å². The average Bonchev–Trinajstić information content (AvgIpc) is 2.45. The van der Waals surface area contributed by atoms with E-state index in [1.54, 1.807) is 6.07 Å². The van der Waals surface area contributed by atoms with Gasteiger partial charge in [0.2, 0.25) is 5.91 Å². The third kappa shape index (κ3) is 4.64. The fourth-order valence-corrected chi connectivity index (χ4v) is 2.16. The zero-order valence-corrected chi connectivity index (χ0v) is 12.4. The minimum absolute atomic E-state index is 0. The van der Waals surface area contributed by atoms with Crippen molar-refractivity contribution < 1.29 is 19.0 Å². The molecule has 0 aliphatic carbocycles. The molecule has 1 unspecified atom stereocenters. The maximum Gasteiger partial charge on any atom is 0.240 e. The van der Waals surface area contributed by atoms with Gasteiger partial charge in [-0.15, -0.1) is 12.4 Å². The van der Waals surface area contributed by atoms with Gasteiger partial charge in [0.1, 0.15) is 5.82 Å². The van der Waals surface area contributed by atoms with Crippen molar-refractivity contribution in [3.05, 3.63) is 35.6 Å². The maximum absolute atomic E-state index is 13.0. The van der Waals surface area contributed by atoms with E-state index in [2.05, 4.69) is 5.32 Å². The maximum atomic E-state index is 13.0. The summed E-state index contributed by atoms with van der Waals surface area (Å²) in [5.74, 6) is -0.733. The summed E-state index contributed by atoms with van der Waals surface area (Å²) >= 11 is 0. The fourth-order valence-electron chi connectivity index (χ4n) is 2.16. The number of carbonyl (C=O) groups is 1. The number of aliphatic hydroxyl groups excluding tert-OH is 1. The second kappa shape index (κ2) is 7.70. The van der Waals surface area contributed by atoms with Gasteiger partial charge in [-0.25, -0.2) is 4.39 Å². The van der Waals surface area contributed by atoms with Crippen LogP contribution in [0.3, 0.4) is 0 Å². The highest BCUT2D eigenvalue weighted by Crippen LogP contribution is 2.18. The quantitative estimate of drug-likeness (QED) is 0.770.